The standard InChI is InChI=1S/C11H14F2N4OS2/c1-2-14-10(19)16-17-11(20)15-7-3-5-8(6-4-7)18-9(12)13/h3-6,9H,2H2,1H3,(H2,14,16,19)(H2,15,17,20). The minimum Gasteiger partial charge on any atom is -0.435 e. The molecule has 1 aromatic rings. The number of hydrazine groups is 1. The number of alkyl halides is 2. The van der Waals surface area contributed by atoms with Crippen molar-refractivity contribution in [3.05, 3.63) is 24.3 Å². The SMILES string of the molecule is CCNC(=S)NNC(=S)Nc1ccc(OC(F)F)cc1. The number of thiocarbonyl (C=S) groups is 2. The van der Waals surface area contributed by atoms with Crippen molar-refractivity contribution in [2.24, 2.45) is 0 Å². The van der Waals surface area contributed by atoms with Crippen molar-refractivity contribution in [3.63, 3.8) is 0 Å². The second kappa shape index (κ2) is 8.43. The molecule has 0 saturated carbocycles. The van der Waals surface area contributed by atoms with Crippen LogP contribution in [-0.4, -0.2) is 23.4 Å². The van der Waals surface area contributed by atoms with Crippen LogP contribution in [0.2, 0.25) is 0 Å². The Hall–Kier alpha value is -1.74. The van der Waals surface area contributed by atoms with Crippen molar-refractivity contribution in [3.8, 4) is 5.75 Å². The van der Waals surface area contributed by atoms with Gasteiger partial charge in [0.15, 0.2) is 10.2 Å². The van der Waals surface area contributed by atoms with Gasteiger partial charge in [0.1, 0.15) is 5.75 Å². The maximum absolute atomic E-state index is 12.0. The summed E-state index contributed by atoms with van der Waals surface area (Å²) in [7, 11) is 0. The summed E-state index contributed by atoms with van der Waals surface area (Å²) in [5.41, 5.74) is 5.99. The van der Waals surface area contributed by atoms with Gasteiger partial charge >= 0.3 is 6.61 Å². The lowest BCUT2D eigenvalue weighted by atomic mass is 10.3. The molecule has 0 atom stereocenters. The number of ether oxygens (including phenoxy) is 1. The van der Waals surface area contributed by atoms with Crippen LogP contribution in [0.3, 0.4) is 0 Å². The Kier molecular flexibility index (Phi) is 6.88. The van der Waals surface area contributed by atoms with E-state index >= 15 is 0 Å². The largest absolute Gasteiger partial charge is 0.435 e. The fourth-order valence-corrected chi connectivity index (χ4v) is 1.56. The molecule has 0 bridgehead atoms. The zero-order valence-electron chi connectivity index (χ0n) is 10.6. The number of hydrogen-bond acceptors (Lipinski definition) is 3. The van der Waals surface area contributed by atoms with Crippen LogP contribution in [0, 0.1) is 0 Å². The van der Waals surface area contributed by atoms with E-state index in [0.29, 0.717) is 17.3 Å². The number of halogens is 2. The van der Waals surface area contributed by atoms with E-state index in [0.717, 1.165) is 0 Å². The van der Waals surface area contributed by atoms with E-state index in [1.165, 1.54) is 12.1 Å². The lowest BCUT2D eigenvalue weighted by Gasteiger charge is -2.13. The van der Waals surface area contributed by atoms with Gasteiger partial charge in [-0.1, -0.05) is 0 Å². The Labute approximate surface area is 126 Å². The van der Waals surface area contributed by atoms with E-state index in [9.17, 15) is 8.78 Å². The molecule has 0 aromatic heterocycles. The molecule has 9 heteroatoms. The summed E-state index contributed by atoms with van der Waals surface area (Å²) < 4.78 is 28.2. The Balaban J connectivity index is 2.40. The third-order valence-corrected chi connectivity index (χ3v) is 2.41. The number of hydrogen-bond donors (Lipinski definition) is 4. The summed E-state index contributed by atoms with van der Waals surface area (Å²) in [5.74, 6) is 0.0795. The minimum absolute atomic E-state index is 0.0795. The Bertz CT molecular complexity index is 456. The van der Waals surface area contributed by atoms with Crippen LogP contribution in [0.5, 0.6) is 5.75 Å². The Morgan fingerprint density at radius 1 is 1.15 bits per heavy atom. The summed E-state index contributed by atoms with van der Waals surface area (Å²) in [6.07, 6.45) is 0. The fraction of sp³-hybridized carbons (Fsp3) is 0.273. The number of nitrogens with one attached hydrogen (secondary N) is 4. The predicted molar refractivity (Wildman–Crippen MR) is 81.8 cm³/mol. The van der Waals surface area contributed by atoms with E-state index in [1.807, 2.05) is 6.92 Å². The highest BCUT2D eigenvalue weighted by Gasteiger charge is 2.04. The van der Waals surface area contributed by atoms with Gasteiger partial charge in [0.05, 0.1) is 0 Å². The molecule has 0 aliphatic heterocycles. The van der Waals surface area contributed by atoms with Gasteiger partial charge in [-0.05, 0) is 55.6 Å². The van der Waals surface area contributed by atoms with E-state index < -0.39 is 6.61 Å². The molecule has 0 amide bonds. The van der Waals surface area contributed by atoms with Crippen molar-refractivity contribution >= 4 is 40.3 Å². The molecule has 0 spiro atoms. The van der Waals surface area contributed by atoms with Crippen LogP contribution in [0.4, 0.5) is 14.5 Å². The third-order valence-electron chi connectivity index (χ3n) is 1.96. The molecule has 0 heterocycles. The summed E-state index contributed by atoms with van der Waals surface area (Å²) in [6.45, 7) is -0.236. The zero-order chi connectivity index (χ0) is 15.0. The molecule has 0 unspecified atom stereocenters. The first-order valence-electron chi connectivity index (χ1n) is 5.67. The van der Waals surface area contributed by atoms with E-state index in [4.69, 9.17) is 24.4 Å². The van der Waals surface area contributed by atoms with Crippen molar-refractivity contribution in [1.82, 2.24) is 16.2 Å². The van der Waals surface area contributed by atoms with Crippen LogP contribution in [0.1, 0.15) is 6.92 Å². The highest BCUT2D eigenvalue weighted by molar-refractivity contribution is 7.80. The maximum atomic E-state index is 12.0. The highest BCUT2D eigenvalue weighted by atomic mass is 32.1. The first kappa shape index (κ1) is 16.3. The van der Waals surface area contributed by atoms with Gasteiger partial charge in [0, 0.05) is 12.2 Å². The summed E-state index contributed by atoms with van der Waals surface area (Å²) >= 11 is 9.95. The van der Waals surface area contributed by atoms with Crippen molar-refractivity contribution < 1.29 is 13.5 Å². The maximum Gasteiger partial charge on any atom is 0.387 e. The van der Waals surface area contributed by atoms with Gasteiger partial charge in [-0.15, -0.1) is 0 Å². The van der Waals surface area contributed by atoms with Crippen LogP contribution < -0.4 is 26.2 Å². The minimum atomic E-state index is -2.84. The van der Waals surface area contributed by atoms with E-state index in [2.05, 4.69) is 26.2 Å². The monoisotopic (exact) mass is 320 g/mol. The molecule has 110 valence electrons. The lowest BCUT2D eigenvalue weighted by Crippen LogP contribution is -2.48. The normalized spacial score (nSPS) is 9.80. The zero-order valence-corrected chi connectivity index (χ0v) is 12.2. The first-order valence-corrected chi connectivity index (χ1v) is 6.48. The molecule has 4 N–H and O–H groups in total. The van der Waals surface area contributed by atoms with Gasteiger partial charge < -0.3 is 15.4 Å². The average molecular weight is 320 g/mol. The smallest absolute Gasteiger partial charge is 0.387 e. The first-order chi connectivity index (χ1) is 9.51. The number of benzene rings is 1. The Morgan fingerprint density at radius 3 is 2.30 bits per heavy atom. The molecular formula is C11H14F2N4OS2. The molecule has 1 aromatic carbocycles. The van der Waals surface area contributed by atoms with Crippen molar-refractivity contribution in [2.45, 2.75) is 13.5 Å². The second-order valence-corrected chi connectivity index (χ2v) is 4.28. The van der Waals surface area contributed by atoms with Gasteiger partial charge in [-0.2, -0.15) is 8.78 Å². The molecule has 0 aliphatic carbocycles. The summed E-state index contributed by atoms with van der Waals surface area (Å²) in [5, 5.41) is 6.42. The topological polar surface area (TPSA) is 57.3 Å². The quantitative estimate of drug-likeness (QED) is 0.500. The van der Waals surface area contributed by atoms with Crippen LogP contribution >= 0.6 is 24.4 Å². The second-order valence-electron chi connectivity index (χ2n) is 3.47. The molecule has 1 rings (SSSR count). The Morgan fingerprint density at radius 2 is 1.75 bits per heavy atom. The van der Waals surface area contributed by atoms with Crippen LogP contribution in [0.25, 0.3) is 0 Å². The summed E-state index contributed by atoms with van der Waals surface area (Å²) in [6, 6.07) is 5.95. The molecule has 0 aliphatic rings. The highest BCUT2D eigenvalue weighted by Crippen LogP contribution is 2.17. The lowest BCUT2D eigenvalue weighted by molar-refractivity contribution is -0.0498. The van der Waals surface area contributed by atoms with Gasteiger partial charge in [0.25, 0.3) is 0 Å². The summed E-state index contributed by atoms with van der Waals surface area (Å²) in [4.78, 5) is 0. The molecule has 5 nitrogen and oxygen atoms in total. The van der Waals surface area contributed by atoms with Crippen LogP contribution in [-0.2, 0) is 0 Å². The molecule has 0 fully saturated rings. The number of anilines is 1. The predicted octanol–water partition coefficient (Wildman–Crippen LogP) is 1.97. The molecular weight excluding hydrogens is 306 g/mol. The fourth-order valence-electron chi connectivity index (χ4n) is 1.20. The average Bonchev–Trinajstić information content (AvgIpc) is 2.38. The van der Waals surface area contributed by atoms with E-state index in [1.54, 1.807) is 12.1 Å². The van der Waals surface area contributed by atoms with Crippen molar-refractivity contribution in [1.29, 1.82) is 0 Å². The van der Waals surface area contributed by atoms with E-state index in [-0.39, 0.29) is 10.9 Å². The van der Waals surface area contributed by atoms with Gasteiger partial charge in [-0.3, -0.25) is 10.9 Å². The van der Waals surface area contributed by atoms with Crippen molar-refractivity contribution in [2.75, 3.05) is 11.9 Å². The molecule has 0 saturated heterocycles. The molecule has 20 heavy (non-hydrogen) atoms. The number of rotatable bonds is 4. The van der Waals surface area contributed by atoms with Crippen LogP contribution in [0.15, 0.2) is 24.3 Å². The van der Waals surface area contributed by atoms with Gasteiger partial charge in [-0.25, -0.2) is 0 Å². The van der Waals surface area contributed by atoms with Gasteiger partial charge in [0.2, 0.25) is 0 Å². The molecule has 0 radical (unpaired) electrons. The third kappa shape index (κ3) is 6.43.